The molecule has 0 saturated carbocycles. The van der Waals surface area contributed by atoms with Crippen molar-refractivity contribution in [1.29, 1.82) is 0 Å². The molecule has 5 aromatic rings. The van der Waals surface area contributed by atoms with Crippen LogP contribution in [0.2, 0.25) is 0 Å². The fourth-order valence-corrected chi connectivity index (χ4v) is 5.64. The first-order chi connectivity index (χ1) is 21.0. The van der Waals surface area contributed by atoms with Crippen molar-refractivity contribution in [2.45, 2.75) is 4.90 Å². The molecule has 0 spiro atoms. The number of rotatable bonds is 8. The maximum atomic E-state index is 13.5. The molecule has 5 aromatic carbocycles. The molecule has 7 nitrogen and oxygen atoms in total. The Balaban J connectivity index is 1.18. The number of benzene rings is 5. The summed E-state index contributed by atoms with van der Waals surface area (Å²) in [5.41, 5.74) is 2.66. The lowest BCUT2D eigenvalue weighted by atomic mass is 10.0. The molecule has 0 aromatic heterocycles. The number of hydrogen-bond donors (Lipinski definition) is 2. The summed E-state index contributed by atoms with van der Waals surface area (Å²) in [5.74, 6) is -1.33. The van der Waals surface area contributed by atoms with Gasteiger partial charge in [0, 0.05) is 16.1 Å². The van der Waals surface area contributed by atoms with Gasteiger partial charge in [0.1, 0.15) is 5.70 Å². The van der Waals surface area contributed by atoms with Gasteiger partial charge in [0.25, 0.3) is 23.6 Å². The minimum atomic E-state index is -0.483. The van der Waals surface area contributed by atoms with Crippen LogP contribution < -0.4 is 10.6 Å². The molecule has 6 rings (SSSR count). The summed E-state index contributed by atoms with van der Waals surface area (Å²) < 4.78 is 0. The minimum absolute atomic E-state index is 0.0919. The number of fused-ring (bicyclic) bond motifs is 2. The fraction of sp³-hybridized carbons (Fsp3) is 0.0286. The summed E-state index contributed by atoms with van der Waals surface area (Å²) >= 11 is 1.34. The molecule has 8 heteroatoms. The van der Waals surface area contributed by atoms with Gasteiger partial charge in [0.15, 0.2) is 0 Å². The Bertz CT molecular complexity index is 1860. The number of nitrogens with one attached hydrogen (secondary N) is 2. The maximum absolute atomic E-state index is 13.5. The lowest BCUT2D eigenvalue weighted by Crippen LogP contribution is -2.30. The maximum Gasteiger partial charge on any atom is 0.272 e. The molecule has 0 fully saturated rings. The Morgan fingerprint density at radius 1 is 0.698 bits per heavy atom. The van der Waals surface area contributed by atoms with Crippen LogP contribution in [0, 0.1) is 0 Å². The van der Waals surface area contributed by atoms with Gasteiger partial charge in [-0.15, -0.1) is 11.8 Å². The smallest absolute Gasteiger partial charge is 0.272 e. The Morgan fingerprint density at radius 3 is 2.05 bits per heavy atom. The molecule has 0 saturated heterocycles. The zero-order chi connectivity index (χ0) is 29.8. The van der Waals surface area contributed by atoms with E-state index in [0.717, 1.165) is 21.2 Å². The van der Waals surface area contributed by atoms with Gasteiger partial charge in [-0.1, -0.05) is 72.8 Å². The summed E-state index contributed by atoms with van der Waals surface area (Å²) in [6, 6.07) is 36.2. The van der Waals surface area contributed by atoms with Crippen LogP contribution in [0.25, 0.3) is 16.8 Å². The van der Waals surface area contributed by atoms with Gasteiger partial charge in [-0.05, 0) is 70.9 Å². The van der Waals surface area contributed by atoms with Crippen molar-refractivity contribution >= 4 is 57.9 Å². The van der Waals surface area contributed by atoms with Crippen LogP contribution in [-0.2, 0) is 4.79 Å². The highest BCUT2D eigenvalue weighted by molar-refractivity contribution is 7.99. The average molecular weight is 584 g/mol. The number of anilines is 1. The first-order valence-electron chi connectivity index (χ1n) is 13.5. The number of thioether (sulfide) groups is 1. The van der Waals surface area contributed by atoms with E-state index in [1.807, 2.05) is 48.5 Å². The molecule has 4 amide bonds. The average Bonchev–Trinajstić information content (AvgIpc) is 3.29. The van der Waals surface area contributed by atoms with Crippen molar-refractivity contribution in [2.24, 2.45) is 0 Å². The molecule has 1 heterocycles. The van der Waals surface area contributed by atoms with E-state index in [4.69, 9.17) is 0 Å². The molecule has 0 bridgehead atoms. The van der Waals surface area contributed by atoms with Crippen LogP contribution in [0.3, 0.4) is 0 Å². The van der Waals surface area contributed by atoms with Gasteiger partial charge in [0.05, 0.1) is 17.0 Å². The summed E-state index contributed by atoms with van der Waals surface area (Å²) in [5, 5.41) is 7.61. The number of hydrogen-bond acceptors (Lipinski definition) is 5. The van der Waals surface area contributed by atoms with Gasteiger partial charge in [-0.3, -0.25) is 24.1 Å². The Hall–Kier alpha value is -5.47. The highest BCUT2D eigenvalue weighted by Gasteiger charge is 2.34. The number of nitrogens with zero attached hydrogens (tertiary/aromatic N) is 1. The second-order valence-electron chi connectivity index (χ2n) is 9.78. The molecule has 0 radical (unpaired) electrons. The van der Waals surface area contributed by atoms with Crippen LogP contribution in [0.15, 0.2) is 132 Å². The van der Waals surface area contributed by atoms with Crippen molar-refractivity contribution in [1.82, 2.24) is 10.2 Å². The van der Waals surface area contributed by atoms with Gasteiger partial charge in [0.2, 0.25) is 0 Å². The van der Waals surface area contributed by atoms with E-state index in [9.17, 15) is 19.2 Å². The molecule has 0 unspecified atom stereocenters. The predicted octanol–water partition coefficient (Wildman–Crippen LogP) is 6.60. The molecule has 210 valence electrons. The van der Waals surface area contributed by atoms with E-state index < -0.39 is 11.8 Å². The minimum Gasteiger partial charge on any atom is -0.321 e. The Morgan fingerprint density at radius 2 is 1.33 bits per heavy atom. The van der Waals surface area contributed by atoms with Crippen LogP contribution in [0.5, 0.6) is 0 Å². The highest BCUT2D eigenvalue weighted by Crippen LogP contribution is 2.28. The zero-order valence-electron chi connectivity index (χ0n) is 22.8. The van der Waals surface area contributed by atoms with E-state index in [2.05, 4.69) is 10.6 Å². The van der Waals surface area contributed by atoms with Crippen molar-refractivity contribution in [3.63, 3.8) is 0 Å². The molecule has 0 aliphatic carbocycles. The van der Waals surface area contributed by atoms with Gasteiger partial charge in [-0.25, -0.2) is 0 Å². The number of amides is 4. The number of carbonyl (C=O) groups excluding carboxylic acids is 4. The normalized spacial score (nSPS) is 12.7. The molecule has 2 N–H and O–H groups in total. The quantitative estimate of drug-likeness (QED) is 0.122. The monoisotopic (exact) mass is 583 g/mol. The van der Waals surface area contributed by atoms with Crippen LogP contribution in [0.4, 0.5) is 5.69 Å². The van der Waals surface area contributed by atoms with E-state index >= 15 is 0 Å². The molecule has 1 aliphatic heterocycles. The Kier molecular flexibility index (Phi) is 7.84. The second-order valence-corrected chi connectivity index (χ2v) is 10.8. The number of imide groups is 1. The van der Waals surface area contributed by atoms with Gasteiger partial charge >= 0.3 is 0 Å². The van der Waals surface area contributed by atoms with Crippen molar-refractivity contribution < 1.29 is 19.2 Å². The first-order valence-corrected chi connectivity index (χ1v) is 14.5. The second kappa shape index (κ2) is 12.2. The molecule has 0 atom stereocenters. The summed E-state index contributed by atoms with van der Waals surface area (Å²) in [7, 11) is 0. The number of carbonyl (C=O) groups is 4. The fourth-order valence-electron chi connectivity index (χ4n) is 4.80. The summed E-state index contributed by atoms with van der Waals surface area (Å²) in [4.78, 5) is 53.9. The SMILES string of the molecule is O=C(Nc1ccc(SCN2C(=O)c3ccccc3C2=O)cc1)/C(=C/c1cccc2ccccc12)NC(=O)c1ccccc1. The van der Waals surface area contributed by atoms with Gasteiger partial charge in [-0.2, -0.15) is 0 Å². The summed E-state index contributed by atoms with van der Waals surface area (Å²) in [6.45, 7) is 0. The van der Waals surface area contributed by atoms with Crippen molar-refractivity contribution in [3.8, 4) is 0 Å². The van der Waals surface area contributed by atoms with Crippen LogP contribution in [-0.4, -0.2) is 34.4 Å². The third-order valence-corrected chi connectivity index (χ3v) is 8.00. The lowest BCUT2D eigenvalue weighted by molar-refractivity contribution is -0.113. The molecule has 43 heavy (non-hydrogen) atoms. The Labute approximate surface area is 252 Å². The topological polar surface area (TPSA) is 95.6 Å². The molecule has 1 aliphatic rings. The van der Waals surface area contributed by atoms with E-state index in [1.165, 1.54) is 16.7 Å². The third-order valence-electron chi connectivity index (χ3n) is 7.00. The van der Waals surface area contributed by atoms with E-state index in [0.29, 0.717) is 22.4 Å². The molecular formula is C35H25N3O4S. The highest BCUT2D eigenvalue weighted by atomic mass is 32.2. The largest absolute Gasteiger partial charge is 0.321 e. The third kappa shape index (κ3) is 5.95. The standard InChI is InChI=1S/C35H25N3O4S/c39-32(24-10-2-1-3-11-24)37-31(21-25-13-8-12-23-9-4-5-14-28(23)25)33(40)36-26-17-19-27(20-18-26)43-22-38-34(41)29-15-6-7-16-30(29)35(38)42/h1-21H,22H2,(H,36,40)(H,37,39)/b31-21-. The zero-order valence-corrected chi connectivity index (χ0v) is 23.6. The van der Waals surface area contributed by atoms with E-state index in [-0.39, 0.29) is 23.4 Å². The van der Waals surface area contributed by atoms with Crippen LogP contribution >= 0.6 is 11.8 Å². The van der Waals surface area contributed by atoms with Crippen molar-refractivity contribution in [2.75, 3.05) is 11.2 Å². The van der Waals surface area contributed by atoms with Crippen LogP contribution in [0.1, 0.15) is 36.6 Å². The summed E-state index contributed by atoms with van der Waals surface area (Å²) in [6.07, 6.45) is 1.67. The lowest BCUT2D eigenvalue weighted by Gasteiger charge is -2.14. The predicted molar refractivity (Wildman–Crippen MR) is 169 cm³/mol. The van der Waals surface area contributed by atoms with Gasteiger partial charge < -0.3 is 10.6 Å². The molecular weight excluding hydrogens is 558 g/mol. The first kappa shape index (κ1) is 27.7. The van der Waals surface area contributed by atoms with E-state index in [1.54, 1.807) is 78.9 Å². The van der Waals surface area contributed by atoms with Crippen molar-refractivity contribution in [3.05, 3.63) is 149 Å².